The van der Waals surface area contributed by atoms with Crippen LogP contribution in [0.2, 0.25) is 0 Å². The molecule has 0 aromatic heterocycles. The van der Waals surface area contributed by atoms with E-state index in [1.54, 1.807) is 27.8 Å². The van der Waals surface area contributed by atoms with Crippen molar-refractivity contribution in [2.45, 2.75) is 77.2 Å². The molecule has 4 atom stereocenters. The number of hydrogen-bond acceptors (Lipinski definition) is 6. The zero-order valence-corrected chi connectivity index (χ0v) is 23.2. The van der Waals surface area contributed by atoms with Crippen LogP contribution in [0, 0.1) is 5.92 Å². The molecular formula is C30H40N4O5. The van der Waals surface area contributed by atoms with E-state index < -0.39 is 30.0 Å². The lowest BCUT2D eigenvalue weighted by molar-refractivity contribution is -0.151. The molecule has 0 saturated heterocycles. The average molecular weight is 537 g/mol. The Hall–Kier alpha value is -3.72. The van der Waals surface area contributed by atoms with E-state index in [0.29, 0.717) is 0 Å². The van der Waals surface area contributed by atoms with E-state index in [4.69, 9.17) is 4.74 Å². The van der Waals surface area contributed by atoms with E-state index in [9.17, 15) is 19.2 Å². The van der Waals surface area contributed by atoms with Crippen LogP contribution in [0.25, 0.3) is 0 Å². The van der Waals surface area contributed by atoms with Crippen LogP contribution < -0.4 is 21.3 Å². The first-order valence-electron chi connectivity index (χ1n) is 13.5. The number of esters is 1. The second-order valence-corrected chi connectivity index (χ2v) is 10.3. The van der Waals surface area contributed by atoms with Gasteiger partial charge in [-0.2, -0.15) is 0 Å². The molecule has 4 unspecified atom stereocenters. The fraction of sp³-hybridized carbons (Fsp3) is 0.467. The van der Waals surface area contributed by atoms with Crippen molar-refractivity contribution in [1.82, 2.24) is 21.3 Å². The Balaban J connectivity index is 1.73. The number of fused-ring (bicyclic) bond motifs is 1. The Morgan fingerprint density at radius 2 is 1.62 bits per heavy atom. The Morgan fingerprint density at radius 3 is 2.31 bits per heavy atom. The van der Waals surface area contributed by atoms with Crippen molar-refractivity contribution >= 4 is 23.7 Å². The van der Waals surface area contributed by atoms with Crippen molar-refractivity contribution in [2.75, 3.05) is 7.05 Å². The van der Waals surface area contributed by atoms with E-state index in [1.807, 2.05) is 48.5 Å². The molecular weight excluding hydrogens is 496 g/mol. The van der Waals surface area contributed by atoms with Crippen molar-refractivity contribution in [3.8, 4) is 0 Å². The second kappa shape index (κ2) is 14.4. The van der Waals surface area contributed by atoms with Gasteiger partial charge in [0.05, 0.1) is 18.5 Å². The summed E-state index contributed by atoms with van der Waals surface area (Å²) in [6.45, 7) is 5.28. The van der Waals surface area contributed by atoms with E-state index in [0.717, 1.165) is 30.4 Å². The van der Waals surface area contributed by atoms with Gasteiger partial charge in [-0.1, -0.05) is 68.4 Å². The minimum absolute atomic E-state index is 0.00763. The minimum atomic E-state index is -1.22. The number of amides is 3. The third kappa shape index (κ3) is 8.64. The molecule has 1 aliphatic rings. The lowest BCUT2D eigenvalue weighted by atomic mass is 9.87. The Labute approximate surface area is 230 Å². The summed E-state index contributed by atoms with van der Waals surface area (Å²) in [6, 6.07) is 14.4. The molecule has 0 aliphatic heterocycles. The standard InChI is InChI=1S/C30H40N4O5/c1-19(2)27(34-28(36)20(3)31-4)29(37)33-25(30(38)39-18-21-11-6-5-7-12-21)17-26(35)32-24-16-10-14-22-13-8-9-15-23(22)24/h5-9,11-13,15,19-20,24-25,27,31H,10,14,16-18H2,1-4H3,(H,32,35)(H,33,37)(H,34,36). The third-order valence-corrected chi connectivity index (χ3v) is 6.99. The lowest BCUT2D eigenvalue weighted by Crippen LogP contribution is -2.56. The predicted molar refractivity (Wildman–Crippen MR) is 148 cm³/mol. The first kappa shape index (κ1) is 29.8. The molecule has 0 spiro atoms. The maximum Gasteiger partial charge on any atom is 0.329 e. The topological polar surface area (TPSA) is 126 Å². The lowest BCUT2D eigenvalue weighted by Gasteiger charge is -2.28. The maximum atomic E-state index is 13.3. The molecule has 0 radical (unpaired) electrons. The summed E-state index contributed by atoms with van der Waals surface area (Å²) in [5.74, 6) is -2.25. The van der Waals surface area contributed by atoms with Gasteiger partial charge in [0.2, 0.25) is 17.7 Å². The number of carbonyl (C=O) groups excluding carboxylic acids is 4. The monoisotopic (exact) mass is 536 g/mol. The van der Waals surface area contributed by atoms with Gasteiger partial charge in [-0.3, -0.25) is 14.4 Å². The van der Waals surface area contributed by atoms with Crippen LogP contribution >= 0.6 is 0 Å². The Morgan fingerprint density at radius 1 is 0.923 bits per heavy atom. The van der Waals surface area contributed by atoms with E-state index in [2.05, 4.69) is 27.3 Å². The summed E-state index contributed by atoms with van der Waals surface area (Å²) in [7, 11) is 1.65. The fourth-order valence-electron chi connectivity index (χ4n) is 4.57. The van der Waals surface area contributed by atoms with E-state index >= 15 is 0 Å². The zero-order valence-electron chi connectivity index (χ0n) is 23.2. The molecule has 9 nitrogen and oxygen atoms in total. The molecule has 4 N–H and O–H groups in total. The van der Waals surface area contributed by atoms with Gasteiger partial charge in [-0.25, -0.2) is 4.79 Å². The first-order valence-corrected chi connectivity index (χ1v) is 13.5. The van der Waals surface area contributed by atoms with Crippen molar-refractivity contribution in [2.24, 2.45) is 5.92 Å². The number of ether oxygens (including phenoxy) is 1. The van der Waals surface area contributed by atoms with Gasteiger partial charge in [0.25, 0.3) is 0 Å². The van der Waals surface area contributed by atoms with Gasteiger partial charge in [-0.05, 0) is 55.8 Å². The van der Waals surface area contributed by atoms with Crippen LogP contribution in [0.1, 0.15) is 62.8 Å². The summed E-state index contributed by atoms with van der Waals surface area (Å²) in [5, 5.41) is 11.3. The molecule has 0 bridgehead atoms. The van der Waals surface area contributed by atoms with Crippen molar-refractivity contribution < 1.29 is 23.9 Å². The molecule has 1 aliphatic carbocycles. The highest BCUT2D eigenvalue weighted by atomic mass is 16.5. The quantitative estimate of drug-likeness (QED) is 0.309. The van der Waals surface area contributed by atoms with Crippen molar-refractivity contribution in [1.29, 1.82) is 0 Å². The molecule has 2 aromatic rings. The van der Waals surface area contributed by atoms with Crippen LogP contribution in [-0.2, 0) is 36.9 Å². The number of nitrogens with one attached hydrogen (secondary N) is 4. The average Bonchev–Trinajstić information content (AvgIpc) is 2.94. The first-order chi connectivity index (χ1) is 18.7. The predicted octanol–water partition coefficient (Wildman–Crippen LogP) is 2.55. The molecule has 3 rings (SSSR count). The van der Waals surface area contributed by atoms with Gasteiger partial charge in [-0.15, -0.1) is 0 Å². The van der Waals surface area contributed by atoms with Gasteiger partial charge >= 0.3 is 5.97 Å². The van der Waals surface area contributed by atoms with Crippen molar-refractivity contribution in [3.63, 3.8) is 0 Å². The highest BCUT2D eigenvalue weighted by Gasteiger charge is 2.32. The summed E-state index contributed by atoms with van der Waals surface area (Å²) in [4.78, 5) is 52.0. The summed E-state index contributed by atoms with van der Waals surface area (Å²) < 4.78 is 5.48. The number of hydrogen-bond donors (Lipinski definition) is 4. The molecule has 9 heteroatoms. The largest absolute Gasteiger partial charge is 0.459 e. The minimum Gasteiger partial charge on any atom is -0.459 e. The molecule has 0 heterocycles. The highest BCUT2D eigenvalue weighted by molar-refractivity contribution is 5.93. The number of benzene rings is 2. The van der Waals surface area contributed by atoms with Gasteiger partial charge in [0.15, 0.2) is 0 Å². The smallest absolute Gasteiger partial charge is 0.329 e. The zero-order chi connectivity index (χ0) is 28.4. The van der Waals surface area contributed by atoms with Crippen LogP contribution in [-0.4, -0.2) is 48.9 Å². The van der Waals surface area contributed by atoms with Crippen LogP contribution in [0.5, 0.6) is 0 Å². The van der Waals surface area contributed by atoms with Crippen molar-refractivity contribution in [3.05, 3.63) is 71.3 Å². The molecule has 2 aromatic carbocycles. The SMILES string of the molecule is CNC(C)C(=O)NC(C(=O)NC(CC(=O)NC1CCCc2ccccc21)C(=O)OCc1ccccc1)C(C)C. The molecule has 39 heavy (non-hydrogen) atoms. The third-order valence-electron chi connectivity index (χ3n) is 6.99. The fourth-order valence-corrected chi connectivity index (χ4v) is 4.57. The normalized spacial score (nSPS) is 16.8. The number of rotatable bonds is 12. The number of aryl methyl sites for hydroxylation is 1. The van der Waals surface area contributed by atoms with Crippen LogP contribution in [0.15, 0.2) is 54.6 Å². The summed E-state index contributed by atoms with van der Waals surface area (Å²) in [5.41, 5.74) is 3.06. The van der Waals surface area contributed by atoms with Gasteiger partial charge < -0.3 is 26.0 Å². The second-order valence-electron chi connectivity index (χ2n) is 10.3. The van der Waals surface area contributed by atoms with Crippen LogP contribution in [0.3, 0.4) is 0 Å². The van der Waals surface area contributed by atoms with Crippen LogP contribution in [0.4, 0.5) is 0 Å². The Kier molecular flexibility index (Phi) is 11.0. The molecule has 0 fully saturated rings. The summed E-state index contributed by atoms with van der Waals surface area (Å²) in [6.07, 6.45) is 2.41. The molecule has 210 valence electrons. The highest BCUT2D eigenvalue weighted by Crippen LogP contribution is 2.29. The van der Waals surface area contributed by atoms with Gasteiger partial charge in [0.1, 0.15) is 18.7 Å². The number of likely N-dealkylation sites (N-methyl/N-ethyl adjacent to an activating group) is 1. The molecule has 3 amide bonds. The molecule has 0 saturated carbocycles. The summed E-state index contributed by atoms with van der Waals surface area (Å²) >= 11 is 0. The number of carbonyl (C=O) groups is 4. The van der Waals surface area contributed by atoms with E-state index in [-0.39, 0.29) is 36.8 Å². The van der Waals surface area contributed by atoms with E-state index in [1.165, 1.54) is 5.56 Å². The van der Waals surface area contributed by atoms with Gasteiger partial charge in [0, 0.05) is 0 Å². The Bertz CT molecular complexity index is 1140. The maximum absolute atomic E-state index is 13.3.